The van der Waals surface area contributed by atoms with E-state index in [1.165, 1.54) is 0 Å². The minimum absolute atomic E-state index is 0.0359. The molecule has 0 aliphatic carbocycles. The number of aromatic nitrogens is 4. The molecule has 6 nitrogen and oxygen atoms in total. The van der Waals surface area contributed by atoms with Crippen LogP contribution in [0.1, 0.15) is 25.1 Å². The molecule has 0 spiro atoms. The number of likely N-dealkylation sites (N-methyl/N-ethyl adjacent to an activating group) is 1. The number of carbonyl (C=O) groups is 1. The molecule has 108 valence electrons. The third kappa shape index (κ3) is 3.27. The molecule has 0 N–H and O–H groups in total. The predicted molar refractivity (Wildman–Crippen MR) is 78.9 cm³/mol. The summed E-state index contributed by atoms with van der Waals surface area (Å²) in [7, 11) is 3.65. The van der Waals surface area contributed by atoms with E-state index in [0.717, 1.165) is 10.2 Å². The lowest BCUT2D eigenvalue weighted by Gasteiger charge is -2.22. The Hall–Kier alpha value is -1.63. The Kier molecular flexibility index (Phi) is 4.59. The summed E-state index contributed by atoms with van der Waals surface area (Å²) >= 11 is 3.35. The van der Waals surface area contributed by atoms with Gasteiger partial charge < -0.3 is 4.90 Å². The van der Waals surface area contributed by atoms with Gasteiger partial charge in [-0.3, -0.25) is 14.2 Å². The number of halogens is 1. The van der Waals surface area contributed by atoms with Gasteiger partial charge in [-0.1, -0.05) is 6.92 Å². The molecule has 0 saturated carbocycles. The van der Waals surface area contributed by atoms with Crippen molar-refractivity contribution in [3.05, 3.63) is 34.8 Å². The summed E-state index contributed by atoms with van der Waals surface area (Å²) in [6, 6.07) is 1.63. The van der Waals surface area contributed by atoms with E-state index in [4.69, 9.17) is 0 Å². The highest BCUT2D eigenvalue weighted by Gasteiger charge is 2.23. The first-order valence-corrected chi connectivity index (χ1v) is 7.23. The molecule has 20 heavy (non-hydrogen) atoms. The summed E-state index contributed by atoms with van der Waals surface area (Å²) in [4.78, 5) is 14.2. The van der Waals surface area contributed by atoms with Gasteiger partial charge in [-0.15, -0.1) is 0 Å². The molecule has 0 saturated heterocycles. The van der Waals surface area contributed by atoms with Crippen molar-refractivity contribution in [1.29, 1.82) is 0 Å². The number of amides is 1. The second kappa shape index (κ2) is 6.21. The van der Waals surface area contributed by atoms with Gasteiger partial charge in [0, 0.05) is 26.5 Å². The third-order valence-corrected chi connectivity index (χ3v) is 3.51. The van der Waals surface area contributed by atoms with Crippen LogP contribution in [0, 0.1) is 0 Å². The molecule has 1 amide bonds. The first-order chi connectivity index (χ1) is 9.51. The van der Waals surface area contributed by atoms with Crippen LogP contribution in [0.25, 0.3) is 0 Å². The Balaban J connectivity index is 2.08. The molecule has 0 aromatic carbocycles. The minimum Gasteiger partial charge on any atom is -0.338 e. The monoisotopic (exact) mass is 339 g/mol. The van der Waals surface area contributed by atoms with Gasteiger partial charge in [0.15, 0.2) is 0 Å². The van der Waals surface area contributed by atoms with Gasteiger partial charge in [0.1, 0.15) is 6.04 Å². The molecule has 0 aliphatic rings. The minimum atomic E-state index is -0.282. The molecule has 2 aromatic heterocycles. The van der Waals surface area contributed by atoms with E-state index in [2.05, 4.69) is 26.1 Å². The number of hydrogen-bond donors (Lipinski definition) is 0. The molecule has 7 heteroatoms. The Labute approximate surface area is 126 Å². The molecule has 0 fully saturated rings. The lowest BCUT2D eigenvalue weighted by atomic mass is 10.2. The fraction of sp³-hybridized carbons (Fsp3) is 0.462. The van der Waals surface area contributed by atoms with Gasteiger partial charge in [0.2, 0.25) is 5.91 Å². The van der Waals surface area contributed by atoms with Crippen LogP contribution >= 0.6 is 15.9 Å². The predicted octanol–water partition coefficient (Wildman–Crippen LogP) is 1.99. The van der Waals surface area contributed by atoms with Crippen molar-refractivity contribution in [3.8, 4) is 0 Å². The lowest BCUT2D eigenvalue weighted by Crippen LogP contribution is -2.34. The van der Waals surface area contributed by atoms with E-state index in [1.807, 2.05) is 32.4 Å². The van der Waals surface area contributed by atoms with Crippen molar-refractivity contribution in [2.75, 3.05) is 7.05 Å². The SMILES string of the molecule is CCC(C(=O)N(C)Cc1ccn(C)n1)n1cc(Br)cn1. The Morgan fingerprint density at radius 2 is 2.30 bits per heavy atom. The Bertz CT molecular complexity index is 591. The Morgan fingerprint density at radius 1 is 1.55 bits per heavy atom. The maximum Gasteiger partial charge on any atom is 0.247 e. The van der Waals surface area contributed by atoms with Crippen LogP contribution in [0.4, 0.5) is 0 Å². The fourth-order valence-electron chi connectivity index (χ4n) is 2.08. The van der Waals surface area contributed by atoms with Crippen molar-refractivity contribution in [3.63, 3.8) is 0 Å². The van der Waals surface area contributed by atoms with Gasteiger partial charge in [0.25, 0.3) is 0 Å². The van der Waals surface area contributed by atoms with E-state index in [0.29, 0.717) is 13.0 Å². The van der Waals surface area contributed by atoms with E-state index in [1.54, 1.807) is 27.5 Å². The third-order valence-electron chi connectivity index (χ3n) is 3.11. The highest BCUT2D eigenvalue weighted by Crippen LogP contribution is 2.17. The van der Waals surface area contributed by atoms with Gasteiger partial charge in [0.05, 0.1) is 22.9 Å². The van der Waals surface area contributed by atoms with Crippen LogP contribution in [-0.2, 0) is 18.4 Å². The largest absolute Gasteiger partial charge is 0.338 e. The van der Waals surface area contributed by atoms with Crippen molar-refractivity contribution >= 4 is 21.8 Å². The second-order valence-corrected chi connectivity index (χ2v) is 5.65. The zero-order valence-corrected chi connectivity index (χ0v) is 13.4. The van der Waals surface area contributed by atoms with Crippen molar-refractivity contribution < 1.29 is 4.79 Å². The summed E-state index contributed by atoms with van der Waals surface area (Å²) in [5, 5.41) is 8.49. The molecule has 2 heterocycles. The number of carbonyl (C=O) groups excluding carboxylic acids is 1. The lowest BCUT2D eigenvalue weighted by molar-refractivity contribution is -0.134. The van der Waals surface area contributed by atoms with Gasteiger partial charge >= 0.3 is 0 Å². The number of aryl methyl sites for hydroxylation is 1. The van der Waals surface area contributed by atoms with Crippen LogP contribution in [0.3, 0.4) is 0 Å². The molecule has 1 unspecified atom stereocenters. The highest BCUT2D eigenvalue weighted by molar-refractivity contribution is 9.10. The zero-order valence-electron chi connectivity index (χ0n) is 11.8. The van der Waals surface area contributed by atoms with Crippen LogP contribution in [0.5, 0.6) is 0 Å². The molecular weight excluding hydrogens is 322 g/mol. The highest BCUT2D eigenvalue weighted by atomic mass is 79.9. The summed E-state index contributed by atoms with van der Waals surface area (Å²) in [6.45, 7) is 2.48. The molecule has 0 bridgehead atoms. The molecule has 2 rings (SSSR count). The molecular formula is C13H18BrN5O. The average Bonchev–Trinajstić information content (AvgIpc) is 2.99. The first kappa shape index (κ1) is 14.8. The maximum absolute atomic E-state index is 12.5. The smallest absolute Gasteiger partial charge is 0.247 e. The molecule has 2 aromatic rings. The van der Waals surface area contributed by atoms with E-state index < -0.39 is 0 Å². The molecule has 0 aliphatic heterocycles. The van der Waals surface area contributed by atoms with Crippen molar-refractivity contribution in [2.45, 2.75) is 25.9 Å². The average molecular weight is 340 g/mol. The number of hydrogen-bond acceptors (Lipinski definition) is 3. The van der Waals surface area contributed by atoms with E-state index in [9.17, 15) is 4.79 Å². The van der Waals surface area contributed by atoms with Gasteiger partial charge in [-0.2, -0.15) is 10.2 Å². The van der Waals surface area contributed by atoms with E-state index in [-0.39, 0.29) is 11.9 Å². The van der Waals surface area contributed by atoms with Crippen LogP contribution < -0.4 is 0 Å². The second-order valence-electron chi connectivity index (χ2n) is 4.74. The zero-order chi connectivity index (χ0) is 14.7. The van der Waals surface area contributed by atoms with Crippen molar-refractivity contribution in [2.24, 2.45) is 7.05 Å². The molecule has 1 atom stereocenters. The topological polar surface area (TPSA) is 56.0 Å². The fourth-order valence-corrected chi connectivity index (χ4v) is 2.38. The quantitative estimate of drug-likeness (QED) is 0.836. The van der Waals surface area contributed by atoms with Gasteiger partial charge in [-0.05, 0) is 28.4 Å². The van der Waals surface area contributed by atoms with E-state index >= 15 is 0 Å². The molecule has 0 radical (unpaired) electrons. The van der Waals surface area contributed by atoms with Gasteiger partial charge in [-0.25, -0.2) is 0 Å². The standard InChI is InChI=1S/C13H18BrN5O/c1-4-12(19-8-10(14)7-15-19)13(20)17(2)9-11-5-6-18(3)16-11/h5-8,12H,4,9H2,1-3H3. The van der Waals surface area contributed by atoms with Crippen LogP contribution in [0.15, 0.2) is 29.1 Å². The van der Waals surface area contributed by atoms with Crippen LogP contribution in [-0.4, -0.2) is 37.4 Å². The summed E-state index contributed by atoms with van der Waals surface area (Å²) in [5.41, 5.74) is 0.875. The summed E-state index contributed by atoms with van der Waals surface area (Å²) < 4.78 is 4.30. The summed E-state index contributed by atoms with van der Waals surface area (Å²) in [6.07, 6.45) is 6.07. The number of nitrogens with zero attached hydrogens (tertiary/aromatic N) is 5. The summed E-state index contributed by atoms with van der Waals surface area (Å²) in [5.74, 6) is 0.0359. The van der Waals surface area contributed by atoms with Crippen molar-refractivity contribution in [1.82, 2.24) is 24.5 Å². The number of rotatable bonds is 5. The first-order valence-electron chi connectivity index (χ1n) is 6.44. The maximum atomic E-state index is 12.5. The van der Waals surface area contributed by atoms with Crippen LogP contribution in [0.2, 0.25) is 0 Å². The Morgan fingerprint density at radius 3 is 2.80 bits per heavy atom. The normalized spacial score (nSPS) is 12.4.